The highest BCUT2D eigenvalue weighted by atomic mass is 35.5. The SMILES string of the molecule is ClCc1cccc(CN2CCC2)c1. The fraction of sp³-hybridized carbons (Fsp3) is 0.455. The smallest absolute Gasteiger partial charge is 0.0474 e. The Morgan fingerprint density at radius 3 is 2.62 bits per heavy atom. The standard InChI is InChI=1S/C11H14ClN/c12-8-10-3-1-4-11(7-10)9-13-5-2-6-13/h1,3-4,7H,2,5-6,8-9H2. The van der Waals surface area contributed by atoms with Gasteiger partial charge >= 0.3 is 0 Å². The number of halogens is 1. The zero-order valence-corrected chi connectivity index (χ0v) is 8.43. The van der Waals surface area contributed by atoms with Crippen molar-refractivity contribution in [2.75, 3.05) is 13.1 Å². The second kappa shape index (κ2) is 4.12. The minimum Gasteiger partial charge on any atom is -0.299 e. The number of hydrogen-bond acceptors (Lipinski definition) is 1. The van der Waals surface area contributed by atoms with E-state index in [0.717, 1.165) is 6.54 Å². The second-order valence-electron chi connectivity index (χ2n) is 3.58. The molecule has 0 radical (unpaired) electrons. The summed E-state index contributed by atoms with van der Waals surface area (Å²) in [4.78, 5) is 2.45. The molecule has 1 aromatic rings. The number of benzene rings is 1. The molecule has 0 unspecified atom stereocenters. The topological polar surface area (TPSA) is 3.24 Å². The molecule has 13 heavy (non-hydrogen) atoms. The lowest BCUT2D eigenvalue weighted by molar-refractivity contribution is 0.172. The van der Waals surface area contributed by atoms with Crippen molar-refractivity contribution >= 4 is 11.6 Å². The molecular weight excluding hydrogens is 182 g/mol. The van der Waals surface area contributed by atoms with Crippen LogP contribution in [-0.4, -0.2) is 18.0 Å². The fourth-order valence-electron chi connectivity index (χ4n) is 1.61. The molecule has 1 heterocycles. The van der Waals surface area contributed by atoms with Gasteiger partial charge in [-0.05, 0) is 30.6 Å². The van der Waals surface area contributed by atoms with E-state index in [1.165, 1.54) is 30.6 Å². The van der Waals surface area contributed by atoms with E-state index in [0.29, 0.717) is 5.88 Å². The van der Waals surface area contributed by atoms with Gasteiger partial charge in [0.25, 0.3) is 0 Å². The minimum atomic E-state index is 0.619. The predicted octanol–water partition coefficient (Wildman–Crippen LogP) is 2.63. The number of nitrogens with zero attached hydrogens (tertiary/aromatic N) is 1. The summed E-state index contributed by atoms with van der Waals surface area (Å²) < 4.78 is 0. The highest BCUT2D eigenvalue weighted by Gasteiger charge is 2.13. The van der Waals surface area contributed by atoms with Crippen LogP contribution in [0.25, 0.3) is 0 Å². The number of likely N-dealkylation sites (tertiary alicyclic amines) is 1. The Bertz CT molecular complexity index is 281. The summed E-state index contributed by atoms with van der Waals surface area (Å²) in [6.07, 6.45) is 1.36. The molecule has 0 atom stereocenters. The Labute approximate surface area is 84.3 Å². The van der Waals surface area contributed by atoms with E-state index in [9.17, 15) is 0 Å². The molecule has 2 rings (SSSR count). The zero-order chi connectivity index (χ0) is 9.10. The molecule has 1 saturated heterocycles. The summed E-state index contributed by atoms with van der Waals surface area (Å²) in [5.41, 5.74) is 2.61. The van der Waals surface area contributed by atoms with Crippen molar-refractivity contribution < 1.29 is 0 Å². The summed E-state index contributed by atoms with van der Waals surface area (Å²) in [5.74, 6) is 0.619. The summed E-state index contributed by atoms with van der Waals surface area (Å²) in [5, 5.41) is 0. The van der Waals surface area contributed by atoms with Gasteiger partial charge in [0.05, 0.1) is 0 Å². The van der Waals surface area contributed by atoms with Gasteiger partial charge in [-0.3, -0.25) is 4.90 Å². The normalized spacial score (nSPS) is 17.0. The molecule has 1 aliphatic heterocycles. The van der Waals surface area contributed by atoms with Gasteiger partial charge in [0, 0.05) is 12.4 Å². The summed E-state index contributed by atoms with van der Waals surface area (Å²) in [7, 11) is 0. The molecule has 0 spiro atoms. The lowest BCUT2D eigenvalue weighted by Gasteiger charge is -2.30. The first-order valence-corrected chi connectivity index (χ1v) is 5.28. The van der Waals surface area contributed by atoms with E-state index in [1.54, 1.807) is 0 Å². The minimum absolute atomic E-state index is 0.619. The van der Waals surface area contributed by atoms with Crippen molar-refractivity contribution in [3.63, 3.8) is 0 Å². The highest BCUT2D eigenvalue weighted by molar-refractivity contribution is 6.17. The number of hydrogen-bond donors (Lipinski definition) is 0. The largest absolute Gasteiger partial charge is 0.299 e. The highest BCUT2D eigenvalue weighted by Crippen LogP contribution is 2.14. The van der Waals surface area contributed by atoms with Crippen LogP contribution < -0.4 is 0 Å². The molecule has 1 aromatic carbocycles. The maximum absolute atomic E-state index is 5.77. The van der Waals surface area contributed by atoms with Crippen LogP contribution in [-0.2, 0) is 12.4 Å². The van der Waals surface area contributed by atoms with Crippen molar-refractivity contribution in [2.24, 2.45) is 0 Å². The van der Waals surface area contributed by atoms with Gasteiger partial charge in [-0.2, -0.15) is 0 Å². The molecule has 1 nitrogen and oxygen atoms in total. The summed E-state index contributed by atoms with van der Waals surface area (Å²) in [6.45, 7) is 3.60. The maximum atomic E-state index is 5.77. The van der Waals surface area contributed by atoms with Gasteiger partial charge in [0.1, 0.15) is 0 Å². The first-order valence-electron chi connectivity index (χ1n) is 4.74. The quantitative estimate of drug-likeness (QED) is 0.671. The van der Waals surface area contributed by atoms with Crippen molar-refractivity contribution in [2.45, 2.75) is 18.8 Å². The van der Waals surface area contributed by atoms with Crippen LogP contribution in [0.15, 0.2) is 24.3 Å². The number of rotatable bonds is 3. The summed E-state index contributed by atoms with van der Waals surface area (Å²) in [6, 6.07) is 8.54. The monoisotopic (exact) mass is 195 g/mol. The zero-order valence-electron chi connectivity index (χ0n) is 7.67. The van der Waals surface area contributed by atoms with Crippen LogP contribution >= 0.6 is 11.6 Å². The van der Waals surface area contributed by atoms with E-state index in [1.807, 2.05) is 0 Å². The van der Waals surface area contributed by atoms with Gasteiger partial charge in [-0.1, -0.05) is 24.3 Å². The van der Waals surface area contributed by atoms with E-state index in [2.05, 4.69) is 29.2 Å². The van der Waals surface area contributed by atoms with Gasteiger partial charge in [0.2, 0.25) is 0 Å². The molecule has 2 heteroatoms. The van der Waals surface area contributed by atoms with Gasteiger partial charge in [-0.15, -0.1) is 11.6 Å². The van der Waals surface area contributed by atoms with E-state index in [4.69, 9.17) is 11.6 Å². The molecule has 0 amide bonds. The molecular formula is C11H14ClN. The molecule has 0 bridgehead atoms. The molecule has 1 fully saturated rings. The van der Waals surface area contributed by atoms with Crippen molar-refractivity contribution in [1.29, 1.82) is 0 Å². The Morgan fingerprint density at radius 1 is 1.23 bits per heavy atom. The molecule has 0 saturated carbocycles. The Balaban J connectivity index is 2.01. The van der Waals surface area contributed by atoms with Gasteiger partial charge < -0.3 is 0 Å². The van der Waals surface area contributed by atoms with Crippen LogP contribution in [0.5, 0.6) is 0 Å². The maximum Gasteiger partial charge on any atom is 0.0474 e. The third kappa shape index (κ3) is 2.23. The molecule has 0 aromatic heterocycles. The molecule has 70 valence electrons. The van der Waals surface area contributed by atoms with Crippen LogP contribution in [0.1, 0.15) is 17.5 Å². The third-order valence-corrected chi connectivity index (χ3v) is 2.81. The van der Waals surface area contributed by atoms with Crippen molar-refractivity contribution in [3.05, 3.63) is 35.4 Å². The fourth-order valence-corrected chi connectivity index (χ4v) is 1.78. The van der Waals surface area contributed by atoms with E-state index >= 15 is 0 Å². The van der Waals surface area contributed by atoms with Crippen LogP contribution in [0.3, 0.4) is 0 Å². The van der Waals surface area contributed by atoms with Gasteiger partial charge in [0.15, 0.2) is 0 Å². The van der Waals surface area contributed by atoms with Crippen molar-refractivity contribution in [1.82, 2.24) is 4.90 Å². The van der Waals surface area contributed by atoms with Crippen LogP contribution in [0, 0.1) is 0 Å². The Hall–Kier alpha value is -0.530. The average molecular weight is 196 g/mol. The Kier molecular flexibility index (Phi) is 2.87. The third-order valence-electron chi connectivity index (χ3n) is 2.50. The number of alkyl halides is 1. The average Bonchev–Trinajstić information content (AvgIpc) is 2.12. The molecule has 0 aliphatic carbocycles. The van der Waals surface area contributed by atoms with E-state index in [-0.39, 0.29) is 0 Å². The van der Waals surface area contributed by atoms with E-state index < -0.39 is 0 Å². The lowest BCUT2D eigenvalue weighted by Crippen LogP contribution is -2.36. The predicted molar refractivity (Wildman–Crippen MR) is 55.9 cm³/mol. The summed E-state index contributed by atoms with van der Waals surface area (Å²) >= 11 is 5.77. The first-order chi connectivity index (χ1) is 6.38. The van der Waals surface area contributed by atoms with Crippen LogP contribution in [0.4, 0.5) is 0 Å². The molecule has 1 aliphatic rings. The van der Waals surface area contributed by atoms with Crippen LogP contribution in [0.2, 0.25) is 0 Å². The van der Waals surface area contributed by atoms with Crippen molar-refractivity contribution in [3.8, 4) is 0 Å². The van der Waals surface area contributed by atoms with Gasteiger partial charge in [-0.25, -0.2) is 0 Å². The molecule has 0 N–H and O–H groups in total. The second-order valence-corrected chi connectivity index (χ2v) is 3.85. The lowest BCUT2D eigenvalue weighted by atomic mass is 10.1. The Morgan fingerprint density at radius 2 is 2.00 bits per heavy atom. The first kappa shape index (κ1) is 9.04.